The maximum atomic E-state index is 11.7. The van der Waals surface area contributed by atoms with Gasteiger partial charge in [0.2, 0.25) is 5.69 Å². The van der Waals surface area contributed by atoms with Crippen LogP contribution < -0.4 is 9.64 Å². The van der Waals surface area contributed by atoms with Gasteiger partial charge < -0.3 is 14.7 Å². The minimum Gasteiger partial charge on any atom is -0.497 e. The third-order valence-corrected chi connectivity index (χ3v) is 4.45. The second-order valence-corrected chi connectivity index (χ2v) is 5.92. The Morgan fingerprint density at radius 2 is 2.21 bits per heavy atom. The molecule has 0 radical (unpaired) electrons. The molecule has 1 atom stereocenters. The van der Waals surface area contributed by atoms with Crippen molar-refractivity contribution < 1.29 is 14.6 Å². The molecule has 1 aromatic heterocycles. The quantitative estimate of drug-likeness (QED) is 0.908. The predicted molar refractivity (Wildman–Crippen MR) is 90.1 cm³/mol. The number of hydrogen-bond donors (Lipinski definition) is 1. The van der Waals surface area contributed by atoms with Crippen molar-refractivity contribution in [3.63, 3.8) is 0 Å². The van der Waals surface area contributed by atoms with Crippen LogP contribution in [0.25, 0.3) is 5.69 Å². The first-order valence-corrected chi connectivity index (χ1v) is 8.25. The second kappa shape index (κ2) is 6.90. The van der Waals surface area contributed by atoms with Crippen LogP contribution in [0.2, 0.25) is 0 Å². The molecule has 0 bridgehead atoms. The molecule has 1 aromatic carbocycles. The van der Waals surface area contributed by atoms with Crippen molar-refractivity contribution in [2.24, 2.45) is 0 Å². The van der Waals surface area contributed by atoms with E-state index in [2.05, 4.69) is 22.0 Å². The average Bonchev–Trinajstić information content (AvgIpc) is 3.07. The van der Waals surface area contributed by atoms with Crippen LogP contribution in [0.15, 0.2) is 24.3 Å². The van der Waals surface area contributed by atoms with Gasteiger partial charge in [0.15, 0.2) is 5.82 Å². The highest BCUT2D eigenvalue weighted by molar-refractivity contribution is 5.91. The van der Waals surface area contributed by atoms with Gasteiger partial charge in [-0.25, -0.2) is 4.79 Å². The lowest BCUT2D eigenvalue weighted by atomic mass is 10.00. The van der Waals surface area contributed by atoms with E-state index < -0.39 is 5.97 Å². The van der Waals surface area contributed by atoms with Gasteiger partial charge in [0.05, 0.1) is 12.8 Å². The van der Waals surface area contributed by atoms with Crippen LogP contribution in [0.5, 0.6) is 5.75 Å². The standard InChI is InChI=1S/C17H22N4O3/c1-3-12-7-4-5-10-20(12)16-15(17(22)23)18-21(19-16)13-8-6-9-14(11-13)24-2/h6,8-9,11-12H,3-5,7,10H2,1-2H3,(H,22,23)/t12-/m0/s1. The molecular formula is C17H22N4O3. The summed E-state index contributed by atoms with van der Waals surface area (Å²) in [5.74, 6) is 0.0732. The van der Waals surface area contributed by atoms with Crippen LogP contribution >= 0.6 is 0 Å². The molecule has 1 fully saturated rings. The topological polar surface area (TPSA) is 80.5 Å². The minimum atomic E-state index is -1.06. The van der Waals surface area contributed by atoms with Gasteiger partial charge in [-0.2, -0.15) is 0 Å². The summed E-state index contributed by atoms with van der Waals surface area (Å²) < 4.78 is 5.22. The van der Waals surface area contributed by atoms with Crippen LogP contribution in [0, 0.1) is 0 Å². The molecular weight excluding hydrogens is 308 g/mol. The normalized spacial score (nSPS) is 17.8. The summed E-state index contributed by atoms with van der Waals surface area (Å²) in [6.45, 7) is 2.94. The largest absolute Gasteiger partial charge is 0.497 e. The van der Waals surface area contributed by atoms with E-state index in [9.17, 15) is 9.90 Å². The van der Waals surface area contributed by atoms with Crippen LogP contribution in [0.4, 0.5) is 5.82 Å². The van der Waals surface area contributed by atoms with E-state index in [4.69, 9.17) is 4.74 Å². The zero-order chi connectivity index (χ0) is 17.1. The summed E-state index contributed by atoms with van der Waals surface area (Å²) in [7, 11) is 1.59. The van der Waals surface area contributed by atoms with E-state index in [0.717, 1.165) is 25.8 Å². The van der Waals surface area contributed by atoms with Gasteiger partial charge in [-0.15, -0.1) is 15.0 Å². The summed E-state index contributed by atoms with van der Waals surface area (Å²) in [5.41, 5.74) is 0.673. The monoisotopic (exact) mass is 330 g/mol. The Balaban J connectivity index is 2.03. The van der Waals surface area contributed by atoms with E-state index in [-0.39, 0.29) is 5.69 Å². The Bertz CT molecular complexity index is 728. The first kappa shape index (κ1) is 16.3. The molecule has 1 saturated heterocycles. The Morgan fingerprint density at radius 1 is 1.38 bits per heavy atom. The molecule has 0 amide bonds. The number of anilines is 1. The van der Waals surface area contributed by atoms with E-state index in [1.165, 1.54) is 11.2 Å². The predicted octanol–water partition coefficient (Wildman–Crippen LogP) is 2.74. The number of hydrogen-bond acceptors (Lipinski definition) is 5. The van der Waals surface area contributed by atoms with Gasteiger partial charge in [-0.3, -0.25) is 0 Å². The summed E-state index contributed by atoms with van der Waals surface area (Å²) >= 11 is 0. The average molecular weight is 330 g/mol. The van der Waals surface area contributed by atoms with Crippen molar-refractivity contribution in [1.82, 2.24) is 15.0 Å². The molecule has 0 saturated carbocycles. The van der Waals surface area contributed by atoms with Crippen molar-refractivity contribution in [3.8, 4) is 11.4 Å². The third kappa shape index (κ3) is 3.06. The lowest BCUT2D eigenvalue weighted by molar-refractivity contribution is 0.0690. The third-order valence-electron chi connectivity index (χ3n) is 4.45. The number of rotatable bonds is 5. The SMILES string of the molecule is CC[C@H]1CCCCN1c1nn(-c2cccc(OC)c2)nc1C(=O)O. The molecule has 24 heavy (non-hydrogen) atoms. The molecule has 1 aliphatic heterocycles. The van der Waals surface area contributed by atoms with Gasteiger partial charge in [0, 0.05) is 18.7 Å². The van der Waals surface area contributed by atoms with Crippen LogP contribution in [-0.4, -0.2) is 45.8 Å². The summed E-state index contributed by atoms with van der Waals surface area (Å²) in [6, 6.07) is 7.57. The van der Waals surface area contributed by atoms with Crippen molar-refractivity contribution in [2.75, 3.05) is 18.6 Å². The van der Waals surface area contributed by atoms with E-state index in [1.54, 1.807) is 13.2 Å². The van der Waals surface area contributed by atoms with Crippen LogP contribution in [-0.2, 0) is 0 Å². The van der Waals surface area contributed by atoms with Crippen molar-refractivity contribution in [2.45, 2.75) is 38.6 Å². The number of nitrogens with zero attached hydrogens (tertiary/aromatic N) is 4. The molecule has 2 aromatic rings. The highest BCUT2D eigenvalue weighted by Gasteiger charge is 2.29. The molecule has 0 aliphatic carbocycles. The number of piperidine rings is 1. The Morgan fingerprint density at radius 3 is 2.92 bits per heavy atom. The Labute approximate surface area is 140 Å². The lowest BCUT2D eigenvalue weighted by Gasteiger charge is -2.35. The summed E-state index contributed by atoms with van der Waals surface area (Å²) in [6.07, 6.45) is 4.23. The van der Waals surface area contributed by atoms with Crippen molar-refractivity contribution in [3.05, 3.63) is 30.0 Å². The molecule has 1 N–H and O–H groups in total. The fourth-order valence-electron chi connectivity index (χ4n) is 3.18. The highest BCUT2D eigenvalue weighted by Crippen LogP contribution is 2.28. The number of aromatic nitrogens is 3. The summed E-state index contributed by atoms with van der Waals surface area (Å²) in [5, 5.41) is 18.3. The van der Waals surface area contributed by atoms with Gasteiger partial charge in [-0.1, -0.05) is 13.0 Å². The molecule has 0 spiro atoms. The first-order chi connectivity index (χ1) is 11.6. The first-order valence-electron chi connectivity index (χ1n) is 8.25. The lowest BCUT2D eigenvalue weighted by Crippen LogP contribution is -2.40. The van der Waals surface area contributed by atoms with Crippen molar-refractivity contribution in [1.29, 1.82) is 0 Å². The molecule has 2 heterocycles. The van der Waals surface area contributed by atoms with Gasteiger partial charge in [-0.05, 0) is 37.8 Å². The van der Waals surface area contributed by atoms with E-state index in [0.29, 0.717) is 23.3 Å². The van der Waals surface area contributed by atoms with Gasteiger partial charge in [0.25, 0.3) is 0 Å². The maximum absolute atomic E-state index is 11.7. The number of aromatic carboxylic acids is 1. The van der Waals surface area contributed by atoms with E-state index >= 15 is 0 Å². The van der Waals surface area contributed by atoms with Crippen molar-refractivity contribution >= 4 is 11.8 Å². The zero-order valence-corrected chi connectivity index (χ0v) is 14.0. The number of carbonyl (C=O) groups is 1. The Kier molecular flexibility index (Phi) is 4.69. The zero-order valence-electron chi connectivity index (χ0n) is 14.0. The minimum absolute atomic E-state index is 0.00169. The molecule has 1 aliphatic rings. The summed E-state index contributed by atoms with van der Waals surface area (Å²) in [4.78, 5) is 15.1. The van der Waals surface area contributed by atoms with E-state index in [1.807, 2.05) is 18.2 Å². The maximum Gasteiger partial charge on any atom is 0.360 e. The second-order valence-electron chi connectivity index (χ2n) is 5.92. The number of ether oxygens (including phenoxy) is 1. The molecule has 3 rings (SSSR count). The van der Waals surface area contributed by atoms with Gasteiger partial charge >= 0.3 is 5.97 Å². The molecule has 128 valence electrons. The van der Waals surface area contributed by atoms with Crippen LogP contribution in [0.3, 0.4) is 0 Å². The number of methoxy groups -OCH3 is 1. The number of carboxylic acid groups (broad SMARTS) is 1. The van der Waals surface area contributed by atoms with Gasteiger partial charge in [0.1, 0.15) is 5.75 Å². The molecule has 7 heteroatoms. The smallest absolute Gasteiger partial charge is 0.360 e. The number of benzene rings is 1. The fraction of sp³-hybridized carbons (Fsp3) is 0.471. The van der Waals surface area contributed by atoms with Crippen LogP contribution in [0.1, 0.15) is 43.1 Å². The molecule has 0 unspecified atom stereocenters. The molecule has 7 nitrogen and oxygen atoms in total. The Hall–Kier alpha value is -2.57. The number of carboxylic acids is 1. The highest BCUT2D eigenvalue weighted by atomic mass is 16.5. The fourth-order valence-corrected chi connectivity index (χ4v) is 3.18.